The van der Waals surface area contributed by atoms with Gasteiger partial charge in [-0.3, -0.25) is 4.90 Å². The summed E-state index contributed by atoms with van der Waals surface area (Å²) in [6.45, 7) is 9.62. The van der Waals surface area contributed by atoms with Crippen LogP contribution < -0.4 is 10.6 Å². The largest absolute Gasteiger partial charge is 0.368 e. The van der Waals surface area contributed by atoms with E-state index < -0.39 is 0 Å². The zero-order valence-corrected chi connectivity index (χ0v) is 12.7. The van der Waals surface area contributed by atoms with Gasteiger partial charge >= 0.3 is 0 Å². The average molecular weight is 261 g/mol. The van der Waals surface area contributed by atoms with Crippen molar-refractivity contribution in [2.75, 3.05) is 31.6 Å². The number of hydrogen-bond acceptors (Lipinski definition) is 3. The van der Waals surface area contributed by atoms with Crippen LogP contribution in [0.2, 0.25) is 0 Å². The molecule has 0 amide bonds. The Morgan fingerprint density at radius 2 is 2.00 bits per heavy atom. The van der Waals surface area contributed by atoms with E-state index in [9.17, 15) is 0 Å². The molecule has 1 aromatic carbocycles. The Morgan fingerprint density at radius 3 is 2.63 bits per heavy atom. The van der Waals surface area contributed by atoms with E-state index in [1.54, 1.807) is 0 Å². The number of likely N-dealkylation sites (N-methyl/N-ethyl adjacent to an activating group) is 1. The summed E-state index contributed by atoms with van der Waals surface area (Å²) in [6.07, 6.45) is 1.07. The number of anilines is 1. The topological polar surface area (TPSA) is 32.5 Å². The van der Waals surface area contributed by atoms with Crippen molar-refractivity contribution < 1.29 is 0 Å². The van der Waals surface area contributed by atoms with Crippen molar-refractivity contribution in [2.45, 2.75) is 39.3 Å². The maximum atomic E-state index is 5.76. The van der Waals surface area contributed by atoms with Gasteiger partial charge in [-0.15, -0.1) is 0 Å². The molecule has 1 aliphatic rings. The van der Waals surface area contributed by atoms with E-state index in [0.29, 0.717) is 12.1 Å². The summed E-state index contributed by atoms with van der Waals surface area (Å²) < 4.78 is 0. The quantitative estimate of drug-likeness (QED) is 0.905. The molecular formula is C16H27N3. The lowest BCUT2D eigenvalue weighted by Gasteiger charge is -2.45. The number of piperazine rings is 1. The van der Waals surface area contributed by atoms with Gasteiger partial charge in [0.05, 0.1) is 0 Å². The van der Waals surface area contributed by atoms with Crippen LogP contribution in [0.15, 0.2) is 18.2 Å². The van der Waals surface area contributed by atoms with Crippen LogP contribution in [-0.4, -0.2) is 43.7 Å². The Balaban J connectivity index is 2.20. The second kappa shape index (κ2) is 5.93. The fourth-order valence-corrected chi connectivity index (χ4v) is 3.11. The van der Waals surface area contributed by atoms with E-state index in [1.807, 2.05) is 0 Å². The van der Waals surface area contributed by atoms with Crippen molar-refractivity contribution in [3.05, 3.63) is 29.3 Å². The smallest absolute Gasteiger partial charge is 0.0397 e. The Kier molecular flexibility index (Phi) is 4.48. The molecule has 1 saturated heterocycles. The molecule has 1 aliphatic heterocycles. The average Bonchev–Trinajstić information content (AvgIpc) is 2.35. The maximum Gasteiger partial charge on any atom is 0.0397 e. The van der Waals surface area contributed by atoms with Crippen LogP contribution >= 0.6 is 0 Å². The summed E-state index contributed by atoms with van der Waals surface area (Å²) in [5.41, 5.74) is 9.85. The van der Waals surface area contributed by atoms with Gasteiger partial charge in [-0.25, -0.2) is 0 Å². The van der Waals surface area contributed by atoms with Gasteiger partial charge in [0.15, 0.2) is 0 Å². The predicted octanol–water partition coefficient (Wildman–Crippen LogP) is 2.16. The number of benzene rings is 1. The van der Waals surface area contributed by atoms with Gasteiger partial charge in [0.25, 0.3) is 0 Å². The van der Waals surface area contributed by atoms with Crippen molar-refractivity contribution in [2.24, 2.45) is 5.73 Å². The highest BCUT2D eigenvalue weighted by atomic mass is 15.3. The minimum absolute atomic E-state index is 0.564. The third-order valence-corrected chi connectivity index (χ3v) is 4.38. The Morgan fingerprint density at radius 1 is 1.26 bits per heavy atom. The highest BCUT2D eigenvalue weighted by Gasteiger charge is 2.29. The normalized spacial score (nSPS) is 24.8. The number of rotatable bonds is 3. The number of hydrogen-bond donors (Lipinski definition) is 1. The van der Waals surface area contributed by atoms with Gasteiger partial charge in [0.1, 0.15) is 0 Å². The zero-order valence-electron chi connectivity index (χ0n) is 12.7. The van der Waals surface area contributed by atoms with Crippen LogP contribution in [-0.2, 0) is 0 Å². The Bertz CT molecular complexity index is 430. The monoisotopic (exact) mass is 261 g/mol. The van der Waals surface area contributed by atoms with E-state index in [4.69, 9.17) is 5.73 Å². The van der Waals surface area contributed by atoms with Crippen LogP contribution in [0.5, 0.6) is 0 Å². The molecule has 2 rings (SSSR count). The molecule has 19 heavy (non-hydrogen) atoms. The molecule has 3 nitrogen and oxygen atoms in total. The Hall–Kier alpha value is -1.06. The SMILES string of the molecule is Cc1ccc(N2CC(C)N(C)C(CCN)C2)c(C)c1. The summed E-state index contributed by atoms with van der Waals surface area (Å²) in [7, 11) is 2.23. The minimum atomic E-state index is 0.564. The first-order valence-corrected chi connectivity index (χ1v) is 7.27. The fourth-order valence-electron chi connectivity index (χ4n) is 3.11. The van der Waals surface area contributed by atoms with Gasteiger partial charge in [-0.05, 0) is 52.4 Å². The lowest BCUT2D eigenvalue weighted by molar-refractivity contribution is 0.152. The fraction of sp³-hybridized carbons (Fsp3) is 0.625. The van der Waals surface area contributed by atoms with Crippen molar-refractivity contribution in [1.82, 2.24) is 4.90 Å². The molecular weight excluding hydrogens is 234 g/mol. The highest BCUT2D eigenvalue weighted by molar-refractivity contribution is 5.55. The molecule has 0 bridgehead atoms. The van der Waals surface area contributed by atoms with Crippen molar-refractivity contribution in [3.63, 3.8) is 0 Å². The van der Waals surface area contributed by atoms with E-state index >= 15 is 0 Å². The van der Waals surface area contributed by atoms with Gasteiger partial charge in [0.2, 0.25) is 0 Å². The van der Waals surface area contributed by atoms with Crippen molar-refractivity contribution in [1.29, 1.82) is 0 Å². The third-order valence-electron chi connectivity index (χ3n) is 4.38. The lowest BCUT2D eigenvalue weighted by atomic mass is 10.0. The second-order valence-electron chi connectivity index (χ2n) is 5.94. The number of aryl methyl sites for hydroxylation is 2. The van der Waals surface area contributed by atoms with Crippen LogP contribution in [0.1, 0.15) is 24.5 Å². The van der Waals surface area contributed by atoms with Crippen molar-refractivity contribution >= 4 is 5.69 Å². The standard InChI is InChI=1S/C16H27N3/c1-12-5-6-16(13(2)9-12)19-10-14(3)18(4)15(11-19)7-8-17/h5-6,9,14-15H,7-8,10-11,17H2,1-4H3. The van der Waals surface area contributed by atoms with E-state index in [0.717, 1.165) is 26.1 Å². The molecule has 2 unspecified atom stereocenters. The summed E-state index contributed by atoms with van der Waals surface area (Å²) in [5.74, 6) is 0. The summed E-state index contributed by atoms with van der Waals surface area (Å²) in [5, 5.41) is 0. The van der Waals surface area contributed by atoms with Gasteiger partial charge < -0.3 is 10.6 Å². The first-order chi connectivity index (χ1) is 9.02. The van der Waals surface area contributed by atoms with Crippen molar-refractivity contribution in [3.8, 4) is 0 Å². The molecule has 2 atom stereocenters. The van der Waals surface area contributed by atoms with E-state index in [2.05, 4.69) is 55.8 Å². The first-order valence-electron chi connectivity index (χ1n) is 7.27. The molecule has 1 aromatic rings. The predicted molar refractivity (Wildman–Crippen MR) is 82.8 cm³/mol. The molecule has 0 aliphatic carbocycles. The maximum absolute atomic E-state index is 5.76. The summed E-state index contributed by atoms with van der Waals surface area (Å²) in [4.78, 5) is 5.01. The van der Waals surface area contributed by atoms with Crippen LogP contribution in [0.3, 0.4) is 0 Å². The van der Waals surface area contributed by atoms with Crippen LogP contribution in [0.25, 0.3) is 0 Å². The molecule has 106 valence electrons. The Labute approximate surface area is 117 Å². The molecule has 3 heteroatoms. The van der Waals surface area contributed by atoms with E-state index in [1.165, 1.54) is 16.8 Å². The zero-order chi connectivity index (χ0) is 14.0. The number of nitrogens with two attached hydrogens (primary N) is 1. The minimum Gasteiger partial charge on any atom is -0.368 e. The lowest BCUT2D eigenvalue weighted by Crippen LogP contribution is -2.56. The van der Waals surface area contributed by atoms with E-state index in [-0.39, 0.29) is 0 Å². The van der Waals surface area contributed by atoms with Gasteiger partial charge in [-0.2, -0.15) is 0 Å². The molecule has 1 heterocycles. The second-order valence-corrected chi connectivity index (χ2v) is 5.94. The summed E-state index contributed by atoms with van der Waals surface area (Å²) in [6, 6.07) is 7.89. The molecule has 1 fully saturated rings. The van der Waals surface area contributed by atoms with Crippen LogP contribution in [0, 0.1) is 13.8 Å². The molecule has 0 aromatic heterocycles. The number of nitrogens with zero attached hydrogens (tertiary/aromatic N) is 2. The van der Waals surface area contributed by atoms with Gasteiger partial charge in [0, 0.05) is 30.9 Å². The third kappa shape index (κ3) is 3.10. The molecule has 2 N–H and O–H groups in total. The molecule has 0 radical (unpaired) electrons. The van der Waals surface area contributed by atoms with Crippen LogP contribution in [0.4, 0.5) is 5.69 Å². The molecule has 0 spiro atoms. The molecule has 0 saturated carbocycles. The summed E-state index contributed by atoms with van der Waals surface area (Å²) >= 11 is 0. The highest BCUT2D eigenvalue weighted by Crippen LogP contribution is 2.26. The first kappa shape index (κ1) is 14.4. The van der Waals surface area contributed by atoms with Gasteiger partial charge in [-0.1, -0.05) is 17.7 Å².